The average Bonchev–Trinajstić information content (AvgIpc) is 2.31. The molecule has 1 atom stereocenters. The molecule has 18 heavy (non-hydrogen) atoms. The first-order chi connectivity index (χ1) is 8.50. The van der Waals surface area contributed by atoms with E-state index >= 15 is 0 Å². The van der Waals surface area contributed by atoms with Gasteiger partial charge in [0.15, 0.2) is 0 Å². The molecule has 0 saturated carbocycles. The maximum atomic E-state index is 6.15. The van der Waals surface area contributed by atoms with Crippen molar-refractivity contribution in [1.82, 2.24) is 5.32 Å². The van der Waals surface area contributed by atoms with E-state index in [9.17, 15) is 0 Å². The molecule has 2 nitrogen and oxygen atoms in total. The Labute approximate surface area is 120 Å². The van der Waals surface area contributed by atoms with Crippen molar-refractivity contribution in [3.63, 3.8) is 0 Å². The van der Waals surface area contributed by atoms with Gasteiger partial charge < -0.3 is 10.1 Å². The number of benzene rings is 1. The quantitative estimate of drug-likeness (QED) is 0.749. The molecular weight excluding hydrogens is 269 g/mol. The van der Waals surface area contributed by atoms with Gasteiger partial charge in [-0.05, 0) is 57.5 Å². The Morgan fingerprint density at radius 2 is 1.94 bits per heavy atom. The van der Waals surface area contributed by atoms with Gasteiger partial charge in [0.25, 0.3) is 0 Å². The molecule has 4 heteroatoms. The predicted octanol–water partition coefficient (Wildman–Crippen LogP) is 4.46. The van der Waals surface area contributed by atoms with E-state index < -0.39 is 0 Å². The molecule has 0 aliphatic carbocycles. The zero-order valence-electron chi connectivity index (χ0n) is 11.2. The van der Waals surface area contributed by atoms with Gasteiger partial charge in [-0.1, -0.05) is 23.2 Å². The Bertz CT molecular complexity index is 369. The number of hydrogen-bond acceptors (Lipinski definition) is 2. The molecule has 0 aromatic heterocycles. The van der Waals surface area contributed by atoms with Gasteiger partial charge in [0.2, 0.25) is 0 Å². The fourth-order valence-electron chi connectivity index (χ4n) is 1.67. The van der Waals surface area contributed by atoms with Crippen LogP contribution in [0.5, 0.6) is 0 Å². The molecule has 1 rings (SSSR count). The van der Waals surface area contributed by atoms with E-state index in [4.69, 9.17) is 27.9 Å². The van der Waals surface area contributed by atoms with Gasteiger partial charge in [-0.2, -0.15) is 0 Å². The minimum Gasteiger partial charge on any atom is -0.379 e. The summed E-state index contributed by atoms with van der Waals surface area (Å²) in [5.41, 5.74) is 1.04. The highest BCUT2D eigenvalue weighted by molar-refractivity contribution is 6.33. The molecular formula is C14H21Cl2NO. The zero-order chi connectivity index (χ0) is 13.5. The van der Waals surface area contributed by atoms with Crippen LogP contribution in [0.3, 0.4) is 0 Å². The van der Waals surface area contributed by atoms with Crippen LogP contribution in [-0.4, -0.2) is 19.3 Å². The summed E-state index contributed by atoms with van der Waals surface area (Å²) < 4.78 is 5.49. The van der Waals surface area contributed by atoms with Crippen molar-refractivity contribution in [2.75, 3.05) is 13.2 Å². The van der Waals surface area contributed by atoms with E-state index in [-0.39, 0.29) is 6.04 Å². The van der Waals surface area contributed by atoms with Crippen molar-refractivity contribution in [2.24, 2.45) is 0 Å². The molecule has 0 bridgehead atoms. The maximum absolute atomic E-state index is 6.15. The zero-order valence-corrected chi connectivity index (χ0v) is 12.7. The van der Waals surface area contributed by atoms with Crippen LogP contribution in [0.25, 0.3) is 0 Å². The van der Waals surface area contributed by atoms with Gasteiger partial charge in [0, 0.05) is 22.7 Å². The summed E-state index contributed by atoms with van der Waals surface area (Å²) in [6, 6.07) is 5.73. The maximum Gasteiger partial charge on any atom is 0.0518 e. The molecule has 0 radical (unpaired) electrons. The molecule has 0 heterocycles. The first kappa shape index (κ1) is 15.8. The van der Waals surface area contributed by atoms with Gasteiger partial charge in [-0.3, -0.25) is 0 Å². The molecule has 0 fully saturated rings. The number of ether oxygens (including phenoxy) is 1. The highest BCUT2D eigenvalue weighted by Crippen LogP contribution is 2.25. The summed E-state index contributed by atoms with van der Waals surface area (Å²) in [6.07, 6.45) is 1.28. The normalized spacial score (nSPS) is 13.0. The van der Waals surface area contributed by atoms with Crippen molar-refractivity contribution >= 4 is 23.2 Å². The SMILES string of the molecule is CC(C)OCCCNC(C)c1cc(Cl)ccc1Cl. The summed E-state index contributed by atoms with van der Waals surface area (Å²) >= 11 is 12.1. The molecule has 1 aromatic carbocycles. The van der Waals surface area contributed by atoms with Crippen molar-refractivity contribution < 1.29 is 4.74 Å². The third kappa shape index (κ3) is 5.57. The lowest BCUT2D eigenvalue weighted by molar-refractivity contribution is 0.0768. The lowest BCUT2D eigenvalue weighted by atomic mass is 10.1. The van der Waals surface area contributed by atoms with Crippen LogP contribution >= 0.6 is 23.2 Å². The number of halogens is 2. The molecule has 1 unspecified atom stereocenters. The minimum absolute atomic E-state index is 0.190. The lowest BCUT2D eigenvalue weighted by Gasteiger charge is -2.16. The second-order valence-corrected chi connectivity index (χ2v) is 5.46. The van der Waals surface area contributed by atoms with E-state index in [1.54, 1.807) is 6.07 Å². The first-order valence-corrected chi connectivity index (χ1v) is 7.06. The molecule has 0 aliphatic rings. The molecule has 1 aromatic rings. The largest absolute Gasteiger partial charge is 0.379 e. The smallest absolute Gasteiger partial charge is 0.0518 e. The fourth-order valence-corrected chi connectivity index (χ4v) is 2.13. The Morgan fingerprint density at radius 3 is 2.61 bits per heavy atom. The third-order valence-corrected chi connectivity index (χ3v) is 3.23. The summed E-state index contributed by atoms with van der Waals surface area (Å²) in [7, 11) is 0. The summed E-state index contributed by atoms with van der Waals surface area (Å²) in [5, 5.41) is 4.88. The number of hydrogen-bond donors (Lipinski definition) is 1. The Hall–Kier alpha value is -0.280. The van der Waals surface area contributed by atoms with Crippen molar-refractivity contribution in [1.29, 1.82) is 0 Å². The van der Waals surface area contributed by atoms with Gasteiger partial charge in [0.1, 0.15) is 0 Å². The van der Waals surface area contributed by atoms with Gasteiger partial charge >= 0.3 is 0 Å². The lowest BCUT2D eigenvalue weighted by Crippen LogP contribution is -2.21. The molecule has 102 valence electrons. The van der Waals surface area contributed by atoms with E-state index in [0.29, 0.717) is 11.1 Å². The van der Waals surface area contributed by atoms with E-state index in [0.717, 1.165) is 30.2 Å². The van der Waals surface area contributed by atoms with E-state index in [1.165, 1.54) is 0 Å². The second-order valence-electron chi connectivity index (χ2n) is 4.61. The van der Waals surface area contributed by atoms with Gasteiger partial charge in [-0.15, -0.1) is 0 Å². The van der Waals surface area contributed by atoms with Crippen LogP contribution in [0.2, 0.25) is 10.0 Å². The summed E-state index contributed by atoms with van der Waals surface area (Å²) in [5.74, 6) is 0. The topological polar surface area (TPSA) is 21.3 Å². The molecule has 0 aliphatic heterocycles. The standard InChI is InChI=1S/C14H21Cl2NO/c1-10(2)18-8-4-7-17-11(3)13-9-12(15)5-6-14(13)16/h5-6,9-11,17H,4,7-8H2,1-3H3. The summed E-state index contributed by atoms with van der Waals surface area (Å²) in [4.78, 5) is 0. The van der Waals surface area contributed by atoms with Crippen molar-refractivity contribution in [3.8, 4) is 0 Å². The highest BCUT2D eigenvalue weighted by Gasteiger charge is 2.09. The van der Waals surface area contributed by atoms with Crippen molar-refractivity contribution in [2.45, 2.75) is 39.3 Å². The molecule has 0 amide bonds. The van der Waals surface area contributed by atoms with Gasteiger partial charge in [-0.25, -0.2) is 0 Å². The van der Waals surface area contributed by atoms with Gasteiger partial charge in [0.05, 0.1) is 6.10 Å². The van der Waals surface area contributed by atoms with Crippen LogP contribution in [-0.2, 0) is 4.74 Å². The van der Waals surface area contributed by atoms with Crippen LogP contribution in [0.15, 0.2) is 18.2 Å². The Balaban J connectivity index is 2.36. The third-order valence-electron chi connectivity index (χ3n) is 2.65. The van der Waals surface area contributed by atoms with E-state index in [2.05, 4.69) is 12.2 Å². The highest BCUT2D eigenvalue weighted by atomic mass is 35.5. The van der Waals surface area contributed by atoms with Crippen LogP contribution < -0.4 is 5.32 Å². The first-order valence-electron chi connectivity index (χ1n) is 6.30. The predicted molar refractivity (Wildman–Crippen MR) is 78.6 cm³/mol. The Morgan fingerprint density at radius 1 is 1.22 bits per heavy atom. The van der Waals surface area contributed by atoms with Crippen molar-refractivity contribution in [3.05, 3.63) is 33.8 Å². The minimum atomic E-state index is 0.190. The second kappa shape index (κ2) is 8.00. The van der Waals surface area contributed by atoms with E-state index in [1.807, 2.05) is 26.0 Å². The molecule has 1 N–H and O–H groups in total. The summed E-state index contributed by atoms with van der Waals surface area (Å²) in [6.45, 7) is 7.85. The molecule has 0 spiro atoms. The average molecular weight is 290 g/mol. The molecule has 0 saturated heterocycles. The van der Waals surface area contributed by atoms with Crippen LogP contribution in [0, 0.1) is 0 Å². The van der Waals surface area contributed by atoms with Crippen LogP contribution in [0.1, 0.15) is 38.8 Å². The number of nitrogens with one attached hydrogen (secondary N) is 1. The number of rotatable bonds is 7. The van der Waals surface area contributed by atoms with Crippen LogP contribution in [0.4, 0.5) is 0 Å². The fraction of sp³-hybridized carbons (Fsp3) is 0.571. The Kier molecular flexibility index (Phi) is 7.02. The monoisotopic (exact) mass is 289 g/mol.